The predicted molar refractivity (Wildman–Crippen MR) is 121 cm³/mol. The average Bonchev–Trinajstić information content (AvgIpc) is 3.45. The van der Waals surface area contributed by atoms with Crippen molar-refractivity contribution < 1.29 is 14.1 Å². The van der Waals surface area contributed by atoms with E-state index in [9.17, 15) is 4.79 Å². The molecule has 2 amide bonds. The van der Waals surface area contributed by atoms with Gasteiger partial charge in [0.2, 0.25) is 5.82 Å². The first-order chi connectivity index (χ1) is 15.1. The van der Waals surface area contributed by atoms with Gasteiger partial charge in [-0.05, 0) is 49.4 Å². The Labute approximate surface area is 189 Å². The van der Waals surface area contributed by atoms with Crippen LogP contribution in [0.15, 0.2) is 52.0 Å². The lowest BCUT2D eigenvalue weighted by atomic mass is 9.94. The molecule has 1 aromatic carbocycles. The Balaban J connectivity index is 1.72. The molecule has 1 aliphatic rings. The smallest absolute Gasteiger partial charge is 0.322 e. The van der Waals surface area contributed by atoms with E-state index in [0.29, 0.717) is 36.5 Å². The van der Waals surface area contributed by atoms with Gasteiger partial charge in [0.25, 0.3) is 5.89 Å². The molecule has 1 atom stereocenters. The number of thiophene rings is 1. The number of allylic oxidation sites excluding steroid dienone is 1. The van der Waals surface area contributed by atoms with E-state index < -0.39 is 6.04 Å². The Morgan fingerprint density at radius 1 is 1.29 bits per heavy atom. The number of carbonyl (C=O) groups is 1. The second-order valence-electron chi connectivity index (χ2n) is 7.04. The number of carbonyl (C=O) groups excluding carboxylic acids is 1. The summed E-state index contributed by atoms with van der Waals surface area (Å²) in [6.45, 7) is 5.63. The van der Waals surface area contributed by atoms with Gasteiger partial charge in [-0.2, -0.15) is 4.98 Å². The molecule has 0 saturated heterocycles. The molecule has 7 nitrogen and oxygen atoms in total. The summed E-state index contributed by atoms with van der Waals surface area (Å²) < 4.78 is 11.1. The lowest BCUT2D eigenvalue weighted by molar-refractivity contribution is 0.136. The van der Waals surface area contributed by atoms with Gasteiger partial charge in [0, 0.05) is 30.5 Å². The molecule has 162 valence electrons. The number of hydrogen-bond donors (Lipinski definition) is 1. The number of nitrogens with zero attached hydrogens (tertiary/aromatic N) is 3. The number of urea groups is 1. The van der Waals surface area contributed by atoms with Crippen LogP contribution in [0.25, 0.3) is 16.3 Å². The fraction of sp³-hybridized carbons (Fsp3) is 0.318. The number of halogens is 1. The topological polar surface area (TPSA) is 80.5 Å². The second-order valence-corrected chi connectivity index (χ2v) is 8.42. The van der Waals surface area contributed by atoms with Gasteiger partial charge in [0.1, 0.15) is 0 Å². The molecule has 3 heterocycles. The van der Waals surface area contributed by atoms with Crippen molar-refractivity contribution in [2.75, 3.05) is 19.8 Å². The molecule has 1 N–H and O–H groups in total. The van der Waals surface area contributed by atoms with Crippen molar-refractivity contribution in [2.24, 2.45) is 0 Å². The third kappa shape index (κ3) is 4.66. The first kappa shape index (κ1) is 21.5. The van der Waals surface area contributed by atoms with Crippen LogP contribution in [0.5, 0.6) is 0 Å². The molecule has 2 aromatic heterocycles. The highest BCUT2D eigenvalue weighted by atomic mass is 35.5. The van der Waals surface area contributed by atoms with E-state index in [-0.39, 0.29) is 6.03 Å². The Morgan fingerprint density at radius 2 is 2.10 bits per heavy atom. The average molecular weight is 459 g/mol. The molecule has 0 radical (unpaired) electrons. The van der Waals surface area contributed by atoms with Crippen LogP contribution in [0, 0.1) is 0 Å². The highest BCUT2D eigenvalue weighted by Gasteiger charge is 2.35. The van der Waals surface area contributed by atoms with E-state index in [1.807, 2.05) is 43.5 Å². The Morgan fingerprint density at radius 3 is 2.81 bits per heavy atom. The number of benzene rings is 1. The van der Waals surface area contributed by atoms with Gasteiger partial charge in [-0.15, -0.1) is 11.3 Å². The van der Waals surface area contributed by atoms with Crippen molar-refractivity contribution in [1.29, 1.82) is 0 Å². The van der Waals surface area contributed by atoms with Crippen molar-refractivity contribution >= 4 is 34.5 Å². The molecule has 0 spiro atoms. The molecule has 0 aliphatic carbocycles. The first-order valence-corrected chi connectivity index (χ1v) is 11.3. The number of rotatable bonds is 8. The molecular formula is C22H23ClN4O3S. The summed E-state index contributed by atoms with van der Waals surface area (Å²) in [5.74, 6) is 0.913. The molecule has 4 rings (SSSR count). The van der Waals surface area contributed by atoms with Crippen LogP contribution in [0.4, 0.5) is 4.79 Å². The second kappa shape index (κ2) is 9.64. The Kier molecular flexibility index (Phi) is 6.70. The van der Waals surface area contributed by atoms with Gasteiger partial charge in [0.15, 0.2) is 0 Å². The zero-order chi connectivity index (χ0) is 21.8. The summed E-state index contributed by atoms with van der Waals surface area (Å²) in [5.41, 5.74) is 2.44. The highest BCUT2D eigenvalue weighted by molar-refractivity contribution is 7.13. The molecule has 0 fully saturated rings. The minimum Gasteiger partial charge on any atom is -0.382 e. The molecule has 1 aliphatic heterocycles. The highest BCUT2D eigenvalue weighted by Crippen LogP contribution is 2.38. The third-order valence-electron chi connectivity index (χ3n) is 5.07. The predicted octanol–water partition coefficient (Wildman–Crippen LogP) is 5.38. The van der Waals surface area contributed by atoms with Gasteiger partial charge < -0.3 is 14.6 Å². The number of aromatic nitrogens is 2. The van der Waals surface area contributed by atoms with Crippen LogP contribution >= 0.6 is 22.9 Å². The Bertz CT molecular complexity index is 1060. The number of nitrogens with one attached hydrogen (secondary N) is 1. The summed E-state index contributed by atoms with van der Waals surface area (Å²) in [4.78, 5) is 20.2. The minimum absolute atomic E-state index is 0.171. The SMILES string of the molecule is CCOCCCN1C(=O)NC(c2ccc(Cl)cc2)C(c2nc(-c3cccs3)no2)=C1C. The normalized spacial score (nSPS) is 16.7. The zero-order valence-corrected chi connectivity index (χ0v) is 18.9. The van der Waals surface area contributed by atoms with Crippen LogP contribution < -0.4 is 5.32 Å². The van der Waals surface area contributed by atoms with Crippen molar-refractivity contribution in [3.05, 3.63) is 64.0 Å². The van der Waals surface area contributed by atoms with Crippen molar-refractivity contribution in [1.82, 2.24) is 20.4 Å². The van der Waals surface area contributed by atoms with Crippen molar-refractivity contribution in [3.8, 4) is 10.7 Å². The maximum atomic E-state index is 12.9. The van der Waals surface area contributed by atoms with Gasteiger partial charge in [0.05, 0.1) is 16.5 Å². The molecular weight excluding hydrogens is 436 g/mol. The fourth-order valence-corrected chi connectivity index (χ4v) is 4.32. The summed E-state index contributed by atoms with van der Waals surface area (Å²) in [7, 11) is 0. The van der Waals surface area contributed by atoms with Gasteiger partial charge >= 0.3 is 6.03 Å². The van der Waals surface area contributed by atoms with Crippen LogP contribution in [0.1, 0.15) is 37.8 Å². The minimum atomic E-state index is -0.426. The van der Waals surface area contributed by atoms with Gasteiger partial charge in [-0.3, -0.25) is 4.90 Å². The zero-order valence-electron chi connectivity index (χ0n) is 17.3. The number of hydrogen-bond acceptors (Lipinski definition) is 6. The third-order valence-corrected chi connectivity index (χ3v) is 6.19. The maximum absolute atomic E-state index is 12.9. The summed E-state index contributed by atoms with van der Waals surface area (Å²) in [6.07, 6.45) is 0.724. The van der Waals surface area contributed by atoms with Crippen molar-refractivity contribution in [3.63, 3.8) is 0 Å². The monoisotopic (exact) mass is 458 g/mol. The van der Waals surface area contributed by atoms with Crippen LogP contribution in [-0.2, 0) is 4.74 Å². The quantitative estimate of drug-likeness (QED) is 0.458. The van der Waals surface area contributed by atoms with Gasteiger partial charge in [-0.1, -0.05) is 35.0 Å². The Hall–Kier alpha value is -2.68. The van der Waals surface area contributed by atoms with Crippen LogP contribution in [0.3, 0.4) is 0 Å². The van der Waals surface area contributed by atoms with E-state index in [0.717, 1.165) is 28.1 Å². The van der Waals surface area contributed by atoms with E-state index >= 15 is 0 Å². The standard InChI is InChI=1S/C22H23ClN4O3S/c1-3-29-12-5-11-27-14(2)18(21-25-20(26-30-21)17-6-4-13-31-17)19(24-22(27)28)15-7-9-16(23)10-8-15/h4,6-10,13,19H,3,5,11-12H2,1-2H3,(H,24,28). The number of amides is 2. The first-order valence-electron chi connectivity index (χ1n) is 10.1. The molecule has 9 heteroatoms. The van der Waals surface area contributed by atoms with E-state index in [1.54, 1.807) is 28.4 Å². The van der Waals surface area contributed by atoms with E-state index in [4.69, 9.17) is 20.9 Å². The molecule has 0 saturated carbocycles. The lowest BCUT2D eigenvalue weighted by Crippen LogP contribution is -2.46. The van der Waals surface area contributed by atoms with Crippen LogP contribution in [-0.4, -0.2) is 40.8 Å². The summed E-state index contributed by atoms with van der Waals surface area (Å²) >= 11 is 7.61. The lowest BCUT2D eigenvalue weighted by Gasteiger charge is -2.35. The maximum Gasteiger partial charge on any atom is 0.322 e. The molecule has 1 unspecified atom stereocenters. The van der Waals surface area contributed by atoms with Crippen LogP contribution in [0.2, 0.25) is 5.02 Å². The van der Waals surface area contributed by atoms with E-state index in [2.05, 4.69) is 15.5 Å². The number of ether oxygens (including phenoxy) is 1. The van der Waals surface area contributed by atoms with Gasteiger partial charge in [-0.25, -0.2) is 4.79 Å². The largest absolute Gasteiger partial charge is 0.382 e. The molecule has 3 aromatic rings. The molecule has 31 heavy (non-hydrogen) atoms. The summed E-state index contributed by atoms with van der Waals surface area (Å²) in [5, 5.41) is 9.84. The fourth-order valence-electron chi connectivity index (χ4n) is 3.54. The summed E-state index contributed by atoms with van der Waals surface area (Å²) in [6, 6.07) is 10.7. The molecule has 0 bridgehead atoms. The van der Waals surface area contributed by atoms with E-state index in [1.165, 1.54) is 0 Å². The van der Waals surface area contributed by atoms with Crippen molar-refractivity contribution in [2.45, 2.75) is 26.3 Å².